The Morgan fingerprint density at radius 2 is 0.522 bits per heavy atom. The summed E-state index contributed by atoms with van der Waals surface area (Å²) in [5.74, 6) is 1.78. The van der Waals surface area contributed by atoms with Gasteiger partial charge in [0.2, 0.25) is 0 Å². The van der Waals surface area contributed by atoms with Crippen molar-refractivity contribution in [1.29, 1.82) is 0 Å². The van der Waals surface area contributed by atoms with Crippen LogP contribution in [0.4, 0.5) is 0 Å². The Labute approximate surface area is 389 Å². The molecule has 0 radical (unpaired) electrons. The molecule has 0 saturated carbocycles. The Bertz CT molecular complexity index is 3530. The first kappa shape index (κ1) is 39.6. The minimum atomic E-state index is 0.585. The predicted octanol–water partition coefficient (Wildman–Crippen LogP) is 16.3. The molecule has 0 aliphatic carbocycles. The lowest BCUT2D eigenvalue weighted by atomic mass is 9.92. The predicted molar refractivity (Wildman–Crippen MR) is 278 cm³/mol. The molecule has 0 aliphatic rings. The molecule has 0 saturated heterocycles. The highest BCUT2D eigenvalue weighted by atomic mass is 15.0. The molecule has 0 fully saturated rings. The number of rotatable bonds is 9. The van der Waals surface area contributed by atoms with E-state index in [1.807, 2.05) is 6.07 Å². The van der Waals surface area contributed by atoms with Crippen LogP contribution in [0.5, 0.6) is 0 Å². The summed E-state index contributed by atoms with van der Waals surface area (Å²) in [6.07, 6.45) is 0. The third-order valence-electron chi connectivity index (χ3n) is 12.6. The number of para-hydroxylation sites is 2. The fourth-order valence-electron chi connectivity index (χ4n) is 9.40. The molecule has 2 aromatic heterocycles. The Kier molecular flexibility index (Phi) is 10.2. The van der Waals surface area contributed by atoms with Crippen LogP contribution in [-0.2, 0) is 0 Å². The maximum atomic E-state index is 5.47. The van der Waals surface area contributed by atoms with Gasteiger partial charge in [-0.05, 0) is 87.0 Å². The molecule has 10 aromatic carbocycles. The first-order valence-corrected chi connectivity index (χ1v) is 22.7. The van der Waals surface area contributed by atoms with Crippen molar-refractivity contribution in [1.82, 2.24) is 19.5 Å². The van der Waals surface area contributed by atoms with Crippen LogP contribution in [0, 0.1) is 0 Å². The average molecular weight is 855 g/mol. The molecule has 67 heavy (non-hydrogen) atoms. The number of hydrogen-bond donors (Lipinski definition) is 0. The normalized spacial score (nSPS) is 11.3. The van der Waals surface area contributed by atoms with Crippen molar-refractivity contribution in [2.45, 2.75) is 0 Å². The van der Waals surface area contributed by atoms with E-state index < -0.39 is 0 Å². The summed E-state index contributed by atoms with van der Waals surface area (Å²) in [4.78, 5) is 16.2. The lowest BCUT2D eigenvalue weighted by Crippen LogP contribution is -2.04. The number of aromatic nitrogens is 4. The van der Waals surface area contributed by atoms with Gasteiger partial charge in [0.05, 0.1) is 16.7 Å². The topological polar surface area (TPSA) is 43.6 Å². The Morgan fingerprint density at radius 1 is 0.224 bits per heavy atom. The van der Waals surface area contributed by atoms with E-state index in [0.717, 1.165) is 89.0 Å². The second-order valence-corrected chi connectivity index (χ2v) is 16.8. The molecule has 0 N–H and O–H groups in total. The average Bonchev–Trinajstić information content (AvgIpc) is 3.75. The minimum absolute atomic E-state index is 0.585. The highest BCUT2D eigenvalue weighted by molar-refractivity contribution is 6.11. The van der Waals surface area contributed by atoms with Crippen molar-refractivity contribution >= 4 is 21.8 Å². The van der Waals surface area contributed by atoms with E-state index in [1.54, 1.807) is 0 Å². The molecule has 0 spiro atoms. The van der Waals surface area contributed by atoms with Gasteiger partial charge in [-0.1, -0.05) is 212 Å². The van der Waals surface area contributed by atoms with Crippen LogP contribution in [0.25, 0.3) is 117 Å². The van der Waals surface area contributed by atoms with Crippen molar-refractivity contribution in [3.63, 3.8) is 0 Å². The highest BCUT2D eigenvalue weighted by Gasteiger charge is 2.23. The lowest BCUT2D eigenvalue weighted by molar-refractivity contribution is 1.07. The SMILES string of the molecule is c1ccc(-c2ccc(-c3nc(-c4cc(-c5ccccc5)cc(-c5ccccc5)c4)nc(-c4cc(-c5ccccc5)c(-n5c6ccccc6c6ccccc65)c(-c5ccccc5)c4)n3)cc2)cc1. The van der Waals surface area contributed by atoms with Crippen LogP contribution in [0.15, 0.2) is 255 Å². The second kappa shape index (κ2) is 17.2. The van der Waals surface area contributed by atoms with E-state index in [-0.39, 0.29) is 0 Å². The molecule has 314 valence electrons. The van der Waals surface area contributed by atoms with Crippen molar-refractivity contribution in [2.24, 2.45) is 0 Å². The standard InChI is InChI=1S/C63H42N4/c1-6-20-43(21-7-1)46-34-36-49(37-35-46)61-64-62(52-39-50(44-22-8-2-9-23-44)38-51(40-52)45-24-10-3-11-25-45)66-63(65-61)53-41-56(47-26-12-4-13-27-47)60(57(42-53)48-28-14-5-15-29-48)67-58-32-18-16-30-54(58)55-31-17-19-33-59(55)67/h1-42H. The molecular formula is C63H42N4. The van der Waals surface area contributed by atoms with E-state index >= 15 is 0 Å². The Morgan fingerprint density at radius 3 is 0.955 bits per heavy atom. The van der Waals surface area contributed by atoms with Gasteiger partial charge in [0.1, 0.15) is 0 Å². The first-order valence-electron chi connectivity index (χ1n) is 22.7. The molecule has 0 bridgehead atoms. The zero-order chi connectivity index (χ0) is 44.5. The van der Waals surface area contributed by atoms with Crippen LogP contribution >= 0.6 is 0 Å². The quantitative estimate of drug-likeness (QED) is 0.145. The van der Waals surface area contributed by atoms with E-state index in [4.69, 9.17) is 15.0 Å². The number of benzene rings is 10. The minimum Gasteiger partial charge on any atom is -0.308 e. The van der Waals surface area contributed by atoms with Crippen LogP contribution < -0.4 is 0 Å². The summed E-state index contributed by atoms with van der Waals surface area (Å²) in [6, 6.07) is 90.1. The Balaban J connectivity index is 1.14. The van der Waals surface area contributed by atoms with Crippen molar-refractivity contribution in [2.75, 3.05) is 0 Å². The summed E-state index contributed by atoms with van der Waals surface area (Å²) < 4.78 is 2.44. The summed E-state index contributed by atoms with van der Waals surface area (Å²) in [5, 5.41) is 2.41. The van der Waals surface area contributed by atoms with Gasteiger partial charge >= 0.3 is 0 Å². The molecule has 0 atom stereocenters. The molecule has 0 aliphatic heterocycles. The summed E-state index contributed by atoms with van der Waals surface area (Å²) in [5.41, 5.74) is 17.1. The van der Waals surface area contributed by atoms with Crippen molar-refractivity contribution in [3.05, 3.63) is 255 Å². The summed E-state index contributed by atoms with van der Waals surface area (Å²) in [6.45, 7) is 0. The lowest BCUT2D eigenvalue weighted by Gasteiger charge is -2.21. The molecule has 12 aromatic rings. The van der Waals surface area contributed by atoms with Crippen molar-refractivity contribution < 1.29 is 0 Å². The summed E-state index contributed by atoms with van der Waals surface area (Å²) >= 11 is 0. The van der Waals surface area contributed by atoms with Gasteiger partial charge in [0.25, 0.3) is 0 Å². The van der Waals surface area contributed by atoms with Gasteiger partial charge in [-0.2, -0.15) is 0 Å². The largest absolute Gasteiger partial charge is 0.308 e. The molecule has 0 amide bonds. The number of nitrogens with zero attached hydrogens (tertiary/aromatic N) is 4. The van der Waals surface area contributed by atoms with E-state index in [9.17, 15) is 0 Å². The van der Waals surface area contributed by atoms with Gasteiger partial charge in [-0.3, -0.25) is 0 Å². The van der Waals surface area contributed by atoms with Gasteiger partial charge in [-0.15, -0.1) is 0 Å². The molecule has 12 rings (SSSR count). The maximum absolute atomic E-state index is 5.47. The molecule has 0 unspecified atom stereocenters. The highest BCUT2D eigenvalue weighted by Crippen LogP contribution is 2.44. The third-order valence-corrected chi connectivity index (χ3v) is 12.6. The van der Waals surface area contributed by atoms with E-state index in [2.05, 4.69) is 253 Å². The third kappa shape index (κ3) is 7.57. The van der Waals surface area contributed by atoms with Gasteiger partial charge in [-0.25, -0.2) is 15.0 Å². The molecule has 4 heteroatoms. The zero-order valence-electron chi connectivity index (χ0n) is 36.5. The zero-order valence-corrected chi connectivity index (χ0v) is 36.5. The second-order valence-electron chi connectivity index (χ2n) is 16.8. The molecular weight excluding hydrogens is 813 g/mol. The van der Waals surface area contributed by atoms with Gasteiger partial charge in [0, 0.05) is 38.6 Å². The van der Waals surface area contributed by atoms with Crippen LogP contribution in [-0.4, -0.2) is 19.5 Å². The van der Waals surface area contributed by atoms with E-state index in [1.165, 1.54) is 10.8 Å². The molecule has 2 heterocycles. The fourth-order valence-corrected chi connectivity index (χ4v) is 9.40. The molecule has 4 nitrogen and oxygen atoms in total. The number of fused-ring (bicyclic) bond motifs is 3. The Hall–Kier alpha value is -8.99. The smallest absolute Gasteiger partial charge is 0.164 e. The number of hydrogen-bond acceptors (Lipinski definition) is 3. The maximum Gasteiger partial charge on any atom is 0.164 e. The van der Waals surface area contributed by atoms with Crippen LogP contribution in [0.2, 0.25) is 0 Å². The van der Waals surface area contributed by atoms with E-state index in [0.29, 0.717) is 17.5 Å². The van der Waals surface area contributed by atoms with Crippen LogP contribution in [0.3, 0.4) is 0 Å². The fraction of sp³-hybridized carbons (Fsp3) is 0. The van der Waals surface area contributed by atoms with Gasteiger partial charge < -0.3 is 4.57 Å². The first-order chi connectivity index (χ1) is 33.2. The van der Waals surface area contributed by atoms with Gasteiger partial charge in [0.15, 0.2) is 17.5 Å². The van der Waals surface area contributed by atoms with Crippen LogP contribution in [0.1, 0.15) is 0 Å². The monoisotopic (exact) mass is 854 g/mol. The summed E-state index contributed by atoms with van der Waals surface area (Å²) in [7, 11) is 0. The van der Waals surface area contributed by atoms with Crippen molar-refractivity contribution in [3.8, 4) is 95.5 Å².